The largest absolute Gasteiger partial charge is 0.488 e. The van der Waals surface area contributed by atoms with E-state index in [0.717, 1.165) is 29.8 Å². The van der Waals surface area contributed by atoms with Crippen molar-refractivity contribution in [3.8, 4) is 0 Å². The van der Waals surface area contributed by atoms with Gasteiger partial charge in [0.15, 0.2) is 18.9 Å². The number of pyridine rings is 1. The number of nitrogens with zero attached hydrogens (tertiary/aromatic N) is 1. The zero-order valence-corrected chi connectivity index (χ0v) is 16.2. The van der Waals surface area contributed by atoms with E-state index >= 15 is 0 Å². The highest BCUT2D eigenvalue weighted by atomic mass is 16.4. The molecule has 1 amide bonds. The Kier molecular flexibility index (Phi) is 7.98. The minimum atomic E-state index is -1.51. The maximum absolute atomic E-state index is 12.2. The van der Waals surface area contributed by atoms with Crippen molar-refractivity contribution in [3.63, 3.8) is 0 Å². The van der Waals surface area contributed by atoms with Crippen molar-refractivity contribution < 1.29 is 19.4 Å². The fraction of sp³-hybridized carbons (Fsp3) is 0.238. The molecule has 0 bridgehead atoms. The standard InChI is InChI=1S/C21H26BN3O3/c1-16(2)17(3)23-11-6-12-24-21(26)18-9-13-25(14-10-18)15-19-7-4-5-8-20(19)22(27)28/h4-5,7-10,13-14,23,27-28H,1,3,6,11-12,15H2,2H3/p+1. The average molecular weight is 380 g/mol. The van der Waals surface area contributed by atoms with Crippen LogP contribution in [-0.2, 0) is 6.54 Å². The highest BCUT2D eigenvalue weighted by Crippen LogP contribution is 2.00. The molecule has 1 aromatic carbocycles. The number of carbonyl (C=O) groups is 1. The summed E-state index contributed by atoms with van der Waals surface area (Å²) in [5.74, 6) is -0.128. The van der Waals surface area contributed by atoms with Crippen LogP contribution >= 0.6 is 0 Å². The number of carbonyl (C=O) groups excluding carboxylic acids is 1. The van der Waals surface area contributed by atoms with Gasteiger partial charge in [0, 0.05) is 36.5 Å². The van der Waals surface area contributed by atoms with Gasteiger partial charge in [-0.1, -0.05) is 37.4 Å². The Balaban J connectivity index is 1.84. The van der Waals surface area contributed by atoms with Gasteiger partial charge in [-0.05, 0) is 24.4 Å². The second kappa shape index (κ2) is 10.4. The molecule has 0 radical (unpaired) electrons. The number of nitrogens with one attached hydrogen (secondary N) is 2. The third kappa shape index (κ3) is 6.37. The maximum Gasteiger partial charge on any atom is 0.488 e. The average Bonchev–Trinajstić information content (AvgIpc) is 2.68. The summed E-state index contributed by atoms with van der Waals surface area (Å²) in [6.45, 7) is 11.3. The van der Waals surface area contributed by atoms with Gasteiger partial charge in [0.1, 0.15) is 0 Å². The third-order valence-electron chi connectivity index (χ3n) is 4.33. The van der Waals surface area contributed by atoms with Gasteiger partial charge in [0.25, 0.3) is 5.91 Å². The van der Waals surface area contributed by atoms with Crippen LogP contribution in [0, 0.1) is 0 Å². The minimum absolute atomic E-state index is 0.128. The number of allylic oxidation sites excluding steroid dienone is 1. The van der Waals surface area contributed by atoms with Crippen molar-refractivity contribution in [2.24, 2.45) is 0 Å². The highest BCUT2D eigenvalue weighted by Gasteiger charge is 2.17. The van der Waals surface area contributed by atoms with Crippen LogP contribution in [0.25, 0.3) is 0 Å². The van der Waals surface area contributed by atoms with Gasteiger partial charge < -0.3 is 20.7 Å². The van der Waals surface area contributed by atoms with Gasteiger partial charge in [0.05, 0.1) is 5.56 Å². The number of hydrogen-bond donors (Lipinski definition) is 4. The lowest BCUT2D eigenvalue weighted by molar-refractivity contribution is -0.688. The number of hydrogen-bond acceptors (Lipinski definition) is 4. The first-order chi connectivity index (χ1) is 13.4. The van der Waals surface area contributed by atoms with Crippen LogP contribution in [0.15, 0.2) is 73.2 Å². The lowest BCUT2D eigenvalue weighted by atomic mass is 9.77. The smallest absolute Gasteiger partial charge is 0.423 e. The molecule has 7 heteroatoms. The van der Waals surface area contributed by atoms with E-state index in [9.17, 15) is 14.8 Å². The van der Waals surface area contributed by atoms with Crippen molar-refractivity contribution >= 4 is 18.5 Å². The fourth-order valence-corrected chi connectivity index (χ4v) is 2.62. The predicted octanol–water partition coefficient (Wildman–Crippen LogP) is 0.501. The minimum Gasteiger partial charge on any atom is -0.423 e. The zero-order chi connectivity index (χ0) is 20.5. The van der Waals surface area contributed by atoms with E-state index < -0.39 is 7.12 Å². The van der Waals surface area contributed by atoms with Crippen LogP contribution < -0.4 is 20.7 Å². The topological polar surface area (TPSA) is 85.5 Å². The van der Waals surface area contributed by atoms with Crippen LogP contribution in [0.5, 0.6) is 0 Å². The third-order valence-corrected chi connectivity index (χ3v) is 4.33. The molecule has 0 aliphatic rings. The summed E-state index contributed by atoms with van der Waals surface area (Å²) in [4.78, 5) is 12.2. The molecule has 146 valence electrons. The molecule has 0 unspecified atom stereocenters. The molecule has 4 N–H and O–H groups in total. The Bertz CT molecular complexity index is 835. The predicted molar refractivity (Wildman–Crippen MR) is 111 cm³/mol. The molecule has 0 spiro atoms. The molecule has 0 atom stereocenters. The molecule has 1 heterocycles. The summed E-state index contributed by atoms with van der Waals surface area (Å²) in [5.41, 5.74) is 3.57. The molecular formula is C21H27BN3O3+. The van der Waals surface area contributed by atoms with Gasteiger partial charge in [0.2, 0.25) is 0 Å². The second-order valence-corrected chi connectivity index (χ2v) is 6.63. The van der Waals surface area contributed by atoms with Crippen LogP contribution in [0.3, 0.4) is 0 Å². The van der Waals surface area contributed by atoms with Crippen molar-refractivity contribution in [1.29, 1.82) is 0 Å². The van der Waals surface area contributed by atoms with Crippen molar-refractivity contribution in [2.45, 2.75) is 19.9 Å². The maximum atomic E-state index is 12.2. The Labute approximate surface area is 166 Å². The number of benzene rings is 1. The normalized spacial score (nSPS) is 10.2. The molecule has 0 saturated heterocycles. The molecule has 0 aliphatic carbocycles. The summed E-state index contributed by atoms with van der Waals surface area (Å²) in [5, 5.41) is 25.0. The van der Waals surface area contributed by atoms with Gasteiger partial charge in [-0.15, -0.1) is 0 Å². The van der Waals surface area contributed by atoms with Crippen LogP contribution in [0.2, 0.25) is 0 Å². The summed E-state index contributed by atoms with van der Waals surface area (Å²) in [6.07, 6.45) is 4.38. The zero-order valence-electron chi connectivity index (χ0n) is 16.2. The van der Waals surface area contributed by atoms with Gasteiger partial charge in [-0.3, -0.25) is 4.79 Å². The molecule has 2 aromatic rings. The Hall–Kier alpha value is -2.90. The SMILES string of the molecule is C=C(C)C(=C)NCCCNC(=O)c1cc[n+](Cc2ccccc2B(O)O)cc1. The quantitative estimate of drug-likeness (QED) is 0.209. The molecule has 2 rings (SSSR count). The Morgan fingerprint density at radius 1 is 1.07 bits per heavy atom. The van der Waals surface area contributed by atoms with E-state index in [1.165, 1.54) is 0 Å². The molecule has 0 fully saturated rings. The number of rotatable bonds is 10. The molecule has 6 nitrogen and oxygen atoms in total. The lowest BCUT2D eigenvalue weighted by Gasteiger charge is -2.09. The van der Waals surface area contributed by atoms with E-state index in [0.29, 0.717) is 24.1 Å². The van der Waals surface area contributed by atoms with E-state index in [1.54, 1.807) is 36.7 Å². The first kappa shape index (κ1) is 21.4. The van der Waals surface area contributed by atoms with E-state index in [-0.39, 0.29) is 5.91 Å². The van der Waals surface area contributed by atoms with Gasteiger partial charge in [-0.2, -0.15) is 0 Å². The van der Waals surface area contributed by atoms with E-state index in [2.05, 4.69) is 23.8 Å². The van der Waals surface area contributed by atoms with Gasteiger partial charge in [-0.25, -0.2) is 4.57 Å². The number of aromatic nitrogens is 1. The second-order valence-electron chi connectivity index (χ2n) is 6.63. The molecular weight excluding hydrogens is 353 g/mol. The van der Waals surface area contributed by atoms with E-state index in [4.69, 9.17) is 0 Å². The Morgan fingerprint density at radius 2 is 1.71 bits per heavy atom. The molecule has 1 aromatic heterocycles. The van der Waals surface area contributed by atoms with Crippen molar-refractivity contribution in [2.75, 3.05) is 13.1 Å². The van der Waals surface area contributed by atoms with Crippen LogP contribution in [-0.4, -0.2) is 36.2 Å². The number of amides is 1. The molecule has 0 saturated carbocycles. The molecule has 28 heavy (non-hydrogen) atoms. The van der Waals surface area contributed by atoms with Crippen LogP contribution in [0.1, 0.15) is 29.3 Å². The first-order valence-corrected chi connectivity index (χ1v) is 9.18. The summed E-state index contributed by atoms with van der Waals surface area (Å²) in [7, 11) is -1.51. The van der Waals surface area contributed by atoms with Gasteiger partial charge >= 0.3 is 7.12 Å². The van der Waals surface area contributed by atoms with Crippen molar-refractivity contribution in [1.82, 2.24) is 10.6 Å². The summed E-state index contributed by atoms with van der Waals surface area (Å²) < 4.78 is 1.88. The first-order valence-electron chi connectivity index (χ1n) is 9.18. The molecule has 0 aliphatic heterocycles. The van der Waals surface area contributed by atoms with Crippen LogP contribution in [0.4, 0.5) is 0 Å². The monoisotopic (exact) mass is 380 g/mol. The summed E-state index contributed by atoms with van der Waals surface area (Å²) in [6, 6.07) is 10.6. The van der Waals surface area contributed by atoms with E-state index in [1.807, 2.05) is 23.6 Å². The lowest BCUT2D eigenvalue weighted by Crippen LogP contribution is -2.40. The fourth-order valence-electron chi connectivity index (χ4n) is 2.62. The summed E-state index contributed by atoms with van der Waals surface area (Å²) >= 11 is 0. The van der Waals surface area contributed by atoms with Crippen molar-refractivity contribution in [3.05, 3.63) is 84.3 Å². The highest BCUT2D eigenvalue weighted by molar-refractivity contribution is 6.59. The Morgan fingerprint density at radius 3 is 2.36 bits per heavy atom.